The molecule has 3 N–H and O–H groups in total. The van der Waals surface area contributed by atoms with Crippen LogP contribution in [0.25, 0.3) is 0 Å². The summed E-state index contributed by atoms with van der Waals surface area (Å²) in [5.74, 6) is 1.67. The third-order valence-corrected chi connectivity index (χ3v) is 4.26. The van der Waals surface area contributed by atoms with Crippen molar-refractivity contribution >= 4 is 0 Å². The minimum absolute atomic E-state index is 0.0741. The van der Waals surface area contributed by atoms with Crippen LogP contribution in [0.1, 0.15) is 30.6 Å². The average molecular weight is 345 g/mol. The molecule has 5 heteroatoms. The van der Waals surface area contributed by atoms with Crippen molar-refractivity contribution in [1.29, 1.82) is 0 Å². The number of hydrogen-bond acceptors (Lipinski definition) is 5. The SMILES string of the molecule is COc1ccc(CCCNC(C)C(O)c2ccc(O)cc2)cc1OC. The smallest absolute Gasteiger partial charge is 0.160 e. The van der Waals surface area contributed by atoms with Gasteiger partial charge in [-0.05, 0) is 61.7 Å². The monoisotopic (exact) mass is 345 g/mol. The Hall–Kier alpha value is -2.24. The van der Waals surface area contributed by atoms with E-state index in [1.807, 2.05) is 25.1 Å². The van der Waals surface area contributed by atoms with E-state index in [1.165, 1.54) is 5.56 Å². The Bertz CT molecular complexity index is 657. The molecule has 0 spiro atoms. The van der Waals surface area contributed by atoms with E-state index in [1.54, 1.807) is 38.5 Å². The van der Waals surface area contributed by atoms with E-state index in [-0.39, 0.29) is 11.8 Å². The second kappa shape index (κ2) is 9.30. The number of ether oxygens (including phenoxy) is 2. The molecule has 2 rings (SSSR count). The summed E-state index contributed by atoms with van der Waals surface area (Å²) in [6, 6.07) is 12.5. The van der Waals surface area contributed by atoms with Crippen molar-refractivity contribution in [3.05, 3.63) is 53.6 Å². The molecule has 0 amide bonds. The Kier molecular flexibility index (Phi) is 7.10. The maximum atomic E-state index is 10.3. The number of rotatable bonds is 9. The lowest BCUT2D eigenvalue weighted by atomic mass is 10.0. The highest BCUT2D eigenvalue weighted by Crippen LogP contribution is 2.28. The predicted molar refractivity (Wildman–Crippen MR) is 98.4 cm³/mol. The molecule has 2 atom stereocenters. The van der Waals surface area contributed by atoms with Gasteiger partial charge in [0.2, 0.25) is 0 Å². The number of nitrogens with one attached hydrogen (secondary N) is 1. The number of methoxy groups -OCH3 is 2. The van der Waals surface area contributed by atoms with Gasteiger partial charge in [0.1, 0.15) is 5.75 Å². The molecule has 0 saturated carbocycles. The predicted octanol–water partition coefficient (Wildman–Crippen LogP) is 3.05. The molecule has 2 aromatic rings. The number of aliphatic hydroxyl groups excluding tert-OH is 1. The Balaban J connectivity index is 1.79. The van der Waals surface area contributed by atoms with Crippen molar-refractivity contribution in [1.82, 2.24) is 5.32 Å². The lowest BCUT2D eigenvalue weighted by Crippen LogP contribution is -2.33. The number of phenolic OH excluding ortho intramolecular Hbond substituents is 1. The molecule has 0 aliphatic heterocycles. The van der Waals surface area contributed by atoms with Crippen LogP contribution in [0.3, 0.4) is 0 Å². The summed E-state index contributed by atoms with van der Waals surface area (Å²) in [7, 11) is 3.26. The summed E-state index contributed by atoms with van der Waals surface area (Å²) in [4.78, 5) is 0. The molecule has 25 heavy (non-hydrogen) atoms. The minimum atomic E-state index is -0.610. The second-order valence-corrected chi connectivity index (χ2v) is 6.07. The van der Waals surface area contributed by atoms with E-state index < -0.39 is 6.10 Å². The number of phenols is 1. The molecule has 136 valence electrons. The van der Waals surface area contributed by atoms with E-state index in [9.17, 15) is 10.2 Å². The van der Waals surface area contributed by atoms with Gasteiger partial charge in [-0.1, -0.05) is 18.2 Å². The van der Waals surface area contributed by atoms with Crippen LogP contribution in [-0.2, 0) is 6.42 Å². The highest BCUT2D eigenvalue weighted by atomic mass is 16.5. The van der Waals surface area contributed by atoms with Crippen molar-refractivity contribution in [3.63, 3.8) is 0 Å². The molecule has 0 aliphatic rings. The Labute approximate surface area is 149 Å². The Morgan fingerprint density at radius 2 is 1.68 bits per heavy atom. The van der Waals surface area contributed by atoms with Crippen LogP contribution in [0.5, 0.6) is 17.2 Å². The highest BCUT2D eigenvalue weighted by Gasteiger charge is 2.15. The summed E-state index contributed by atoms with van der Waals surface area (Å²) in [6.45, 7) is 2.75. The molecule has 0 bridgehead atoms. The fourth-order valence-corrected chi connectivity index (χ4v) is 2.73. The van der Waals surface area contributed by atoms with Crippen LogP contribution in [0, 0.1) is 0 Å². The third kappa shape index (κ3) is 5.37. The fraction of sp³-hybridized carbons (Fsp3) is 0.400. The lowest BCUT2D eigenvalue weighted by molar-refractivity contribution is 0.136. The van der Waals surface area contributed by atoms with Crippen LogP contribution >= 0.6 is 0 Å². The van der Waals surface area contributed by atoms with Gasteiger partial charge in [-0.25, -0.2) is 0 Å². The van der Waals surface area contributed by atoms with Gasteiger partial charge in [-0.3, -0.25) is 0 Å². The molecule has 0 aromatic heterocycles. The van der Waals surface area contributed by atoms with Crippen molar-refractivity contribution in [2.45, 2.75) is 31.9 Å². The van der Waals surface area contributed by atoms with Crippen LogP contribution < -0.4 is 14.8 Å². The summed E-state index contributed by atoms with van der Waals surface area (Å²) in [5, 5.41) is 23.0. The minimum Gasteiger partial charge on any atom is -0.508 e. The van der Waals surface area contributed by atoms with E-state index in [0.29, 0.717) is 0 Å². The van der Waals surface area contributed by atoms with Crippen molar-refractivity contribution in [2.75, 3.05) is 20.8 Å². The lowest BCUT2D eigenvalue weighted by Gasteiger charge is -2.20. The summed E-state index contributed by atoms with van der Waals surface area (Å²) >= 11 is 0. The first-order chi connectivity index (χ1) is 12.0. The van der Waals surface area contributed by atoms with Crippen LogP contribution in [0.4, 0.5) is 0 Å². The topological polar surface area (TPSA) is 71.0 Å². The average Bonchev–Trinajstić information content (AvgIpc) is 2.64. The fourth-order valence-electron chi connectivity index (χ4n) is 2.73. The zero-order valence-electron chi connectivity index (χ0n) is 15.0. The zero-order valence-corrected chi connectivity index (χ0v) is 15.0. The normalized spacial score (nSPS) is 13.3. The first-order valence-corrected chi connectivity index (χ1v) is 8.46. The molecule has 2 unspecified atom stereocenters. The Morgan fingerprint density at radius 3 is 2.32 bits per heavy atom. The van der Waals surface area contributed by atoms with Gasteiger partial charge in [0.15, 0.2) is 11.5 Å². The molecule has 0 heterocycles. The van der Waals surface area contributed by atoms with Gasteiger partial charge < -0.3 is 25.0 Å². The van der Waals surface area contributed by atoms with Crippen molar-refractivity contribution in [2.24, 2.45) is 0 Å². The maximum Gasteiger partial charge on any atom is 0.160 e. The third-order valence-electron chi connectivity index (χ3n) is 4.26. The quantitative estimate of drug-likeness (QED) is 0.609. The molecule has 2 aromatic carbocycles. The first-order valence-electron chi connectivity index (χ1n) is 8.46. The number of aryl methyl sites for hydroxylation is 1. The molecule has 0 radical (unpaired) electrons. The molecular weight excluding hydrogens is 318 g/mol. The van der Waals surface area contributed by atoms with E-state index in [2.05, 4.69) is 5.32 Å². The number of aliphatic hydroxyl groups is 1. The van der Waals surface area contributed by atoms with Gasteiger partial charge in [0.05, 0.1) is 20.3 Å². The summed E-state index contributed by atoms with van der Waals surface area (Å²) in [6.07, 6.45) is 1.25. The molecule has 0 saturated heterocycles. The van der Waals surface area contributed by atoms with Crippen molar-refractivity contribution in [3.8, 4) is 17.2 Å². The van der Waals surface area contributed by atoms with Gasteiger partial charge in [0, 0.05) is 6.04 Å². The van der Waals surface area contributed by atoms with Crippen LogP contribution in [-0.4, -0.2) is 37.0 Å². The highest BCUT2D eigenvalue weighted by molar-refractivity contribution is 5.42. The van der Waals surface area contributed by atoms with Crippen molar-refractivity contribution < 1.29 is 19.7 Å². The molecule has 5 nitrogen and oxygen atoms in total. The molecule has 0 fully saturated rings. The van der Waals surface area contributed by atoms with Crippen LogP contribution in [0.2, 0.25) is 0 Å². The maximum absolute atomic E-state index is 10.3. The second-order valence-electron chi connectivity index (χ2n) is 6.07. The van der Waals surface area contributed by atoms with E-state index in [4.69, 9.17) is 9.47 Å². The first kappa shape index (κ1) is 19.1. The Morgan fingerprint density at radius 1 is 1.00 bits per heavy atom. The number of benzene rings is 2. The largest absolute Gasteiger partial charge is 0.508 e. The molecular formula is C20H27NO4. The number of aromatic hydroxyl groups is 1. The van der Waals surface area contributed by atoms with Crippen LogP contribution in [0.15, 0.2) is 42.5 Å². The van der Waals surface area contributed by atoms with Gasteiger partial charge in [0.25, 0.3) is 0 Å². The number of hydrogen-bond donors (Lipinski definition) is 3. The zero-order chi connectivity index (χ0) is 18.2. The summed E-state index contributed by atoms with van der Waals surface area (Å²) in [5.41, 5.74) is 1.98. The van der Waals surface area contributed by atoms with Gasteiger partial charge >= 0.3 is 0 Å². The van der Waals surface area contributed by atoms with Gasteiger partial charge in [-0.15, -0.1) is 0 Å². The van der Waals surface area contributed by atoms with E-state index >= 15 is 0 Å². The molecule has 0 aliphatic carbocycles. The summed E-state index contributed by atoms with van der Waals surface area (Å²) < 4.78 is 10.6. The van der Waals surface area contributed by atoms with E-state index in [0.717, 1.165) is 36.4 Å². The van der Waals surface area contributed by atoms with Gasteiger partial charge in [-0.2, -0.15) is 0 Å². The standard InChI is InChI=1S/C20H27NO4/c1-14(20(23)16-7-9-17(22)10-8-16)21-12-4-5-15-6-11-18(24-2)19(13-15)25-3/h6-11,13-14,20-23H,4-5,12H2,1-3H3.